The molecule has 11 rings (SSSR count). The van der Waals surface area contributed by atoms with Gasteiger partial charge in [-0.1, -0.05) is 18.2 Å². The molecule has 0 spiro atoms. The fourth-order valence-electron chi connectivity index (χ4n) is 11.4. The Kier molecular flexibility index (Phi) is 12.2. The summed E-state index contributed by atoms with van der Waals surface area (Å²) in [5.74, 6) is 0.461. The second-order valence-corrected chi connectivity index (χ2v) is 19.4. The summed E-state index contributed by atoms with van der Waals surface area (Å²) in [6, 6.07) is 22.7. The molecule has 0 bridgehead atoms. The highest BCUT2D eigenvalue weighted by atomic mass is 16.5. The molecule has 5 aromatic rings. The van der Waals surface area contributed by atoms with E-state index < -0.39 is 29.7 Å². The number of aromatic nitrogens is 4. The van der Waals surface area contributed by atoms with Gasteiger partial charge in [0.2, 0.25) is 11.8 Å². The molecule has 18 heteroatoms. The van der Waals surface area contributed by atoms with Crippen LogP contribution in [0.1, 0.15) is 78.1 Å². The monoisotopic (exact) mass is 934 g/mol. The van der Waals surface area contributed by atoms with Crippen molar-refractivity contribution in [2.75, 3.05) is 82.6 Å². The normalized spacial score (nSPS) is 22.4. The van der Waals surface area contributed by atoms with E-state index in [1.807, 2.05) is 60.7 Å². The van der Waals surface area contributed by atoms with Gasteiger partial charge in [-0.15, -0.1) is 0 Å². The minimum Gasteiger partial charge on any atom is -0.457 e. The number of para-hydroxylation sites is 1. The number of nitrogens with zero attached hydrogens (tertiary/aromatic N) is 10. The van der Waals surface area contributed by atoms with Crippen LogP contribution < -0.4 is 20.7 Å². The topological polar surface area (TPSA) is 196 Å². The van der Waals surface area contributed by atoms with E-state index in [9.17, 15) is 24.0 Å². The number of rotatable bonds is 9. The van der Waals surface area contributed by atoms with E-state index in [4.69, 9.17) is 20.6 Å². The van der Waals surface area contributed by atoms with E-state index in [0.29, 0.717) is 28.9 Å². The zero-order chi connectivity index (χ0) is 47.2. The van der Waals surface area contributed by atoms with E-state index in [-0.39, 0.29) is 24.9 Å². The summed E-state index contributed by atoms with van der Waals surface area (Å²) >= 11 is 0. The van der Waals surface area contributed by atoms with Gasteiger partial charge in [0.05, 0.1) is 22.6 Å². The molecule has 5 fully saturated rings. The highest BCUT2D eigenvalue weighted by molar-refractivity contribution is 6.23. The van der Waals surface area contributed by atoms with Crippen LogP contribution in [0.15, 0.2) is 79.1 Å². The van der Waals surface area contributed by atoms with Gasteiger partial charge in [-0.2, -0.15) is 5.10 Å². The molecule has 0 radical (unpaired) electrons. The first-order valence-electron chi connectivity index (χ1n) is 24.6. The number of anilines is 2. The second kappa shape index (κ2) is 18.9. The van der Waals surface area contributed by atoms with Crippen LogP contribution in [0.2, 0.25) is 0 Å². The fraction of sp³-hybridized carbons (Fsp3) is 0.451. The third kappa shape index (κ3) is 8.86. The van der Waals surface area contributed by atoms with Crippen molar-refractivity contribution in [1.29, 1.82) is 0 Å². The average molecular weight is 935 g/mol. The first kappa shape index (κ1) is 44.6. The molecule has 0 aliphatic carbocycles. The van der Waals surface area contributed by atoms with Crippen molar-refractivity contribution in [3.8, 4) is 22.8 Å². The van der Waals surface area contributed by atoms with E-state index in [1.54, 1.807) is 12.1 Å². The van der Waals surface area contributed by atoms with Crippen LogP contribution in [0.4, 0.5) is 16.3 Å². The maximum atomic E-state index is 13.9. The maximum Gasteiger partial charge on any atom is 0.319 e. The molecule has 2 atom stereocenters. The molecular weight excluding hydrogens is 877 g/mol. The van der Waals surface area contributed by atoms with Gasteiger partial charge in [-0.25, -0.2) is 19.4 Å². The number of nitrogen functional groups attached to an aromatic ring is 1. The van der Waals surface area contributed by atoms with Gasteiger partial charge in [0.1, 0.15) is 35.4 Å². The minimum atomic E-state index is -0.979. The summed E-state index contributed by atoms with van der Waals surface area (Å²) in [7, 11) is 0. The lowest BCUT2D eigenvalue weighted by atomic mass is 9.95. The maximum absolute atomic E-state index is 13.9. The number of carbonyl (C=O) groups excluding carboxylic acids is 5. The predicted octanol–water partition coefficient (Wildman–Crippen LogP) is 5.02. The van der Waals surface area contributed by atoms with Crippen molar-refractivity contribution in [3.63, 3.8) is 0 Å². The van der Waals surface area contributed by atoms with Crippen LogP contribution in [0, 0.1) is 5.92 Å². The summed E-state index contributed by atoms with van der Waals surface area (Å²) in [4.78, 5) is 86.1. The lowest BCUT2D eigenvalue weighted by molar-refractivity contribution is -0.136. The van der Waals surface area contributed by atoms with Crippen molar-refractivity contribution in [2.24, 2.45) is 5.92 Å². The SMILES string of the molecule is Nc1ncnc2c1c(-c1ccc(Oc3ccccc3)cc1)nn2C1CCCN(C2CCN(C(=O)N3CCC(CN4CCN(c5ccc6c(c5)C(=O)N(C5CCC(=O)NC5=O)C6=O)CC4)CC3)CC2)C1. The van der Waals surface area contributed by atoms with Gasteiger partial charge < -0.3 is 25.2 Å². The third-order valence-corrected chi connectivity index (χ3v) is 15.2. The van der Waals surface area contributed by atoms with Crippen LogP contribution >= 0.6 is 0 Å². The number of hydrogen-bond acceptors (Lipinski definition) is 13. The zero-order valence-electron chi connectivity index (χ0n) is 38.7. The molecule has 358 valence electrons. The first-order chi connectivity index (χ1) is 33.6. The molecule has 6 aliphatic rings. The Morgan fingerprint density at radius 1 is 0.725 bits per heavy atom. The predicted molar refractivity (Wildman–Crippen MR) is 258 cm³/mol. The molecule has 3 N–H and O–H groups in total. The number of piperidine rings is 4. The Balaban J connectivity index is 0.639. The number of benzene rings is 3. The fourth-order valence-corrected chi connectivity index (χ4v) is 11.4. The number of likely N-dealkylation sites (tertiary alicyclic amines) is 3. The molecule has 5 saturated heterocycles. The number of carbonyl (C=O) groups is 5. The molecule has 6 amide bonds. The summed E-state index contributed by atoms with van der Waals surface area (Å²) in [5, 5.41) is 8.19. The highest BCUT2D eigenvalue weighted by Crippen LogP contribution is 2.37. The highest BCUT2D eigenvalue weighted by Gasteiger charge is 2.45. The van der Waals surface area contributed by atoms with Crippen molar-refractivity contribution in [2.45, 2.75) is 69.5 Å². The second-order valence-electron chi connectivity index (χ2n) is 19.4. The Morgan fingerprint density at radius 3 is 2.17 bits per heavy atom. The molecule has 3 aromatic carbocycles. The number of fused-ring (bicyclic) bond motifs is 2. The van der Waals surface area contributed by atoms with Crippen LogP contribution in [0.5, 0.6) is 11.5 Å². The Hall–Kier alpha value is -6.92. The largest absolute Gasteiger partial charge is 0.457 e. The van der Waals surface area contributed by atoms with E-state index in [1.165, 1.54) is 6.33 Å². The third-order valence-electron chi connectivity index (χ3n) is 15.2. The summed E-state index contributed by atoms with van der Waals surface area (Å²) < 4.78 is 8.10. The number of piperazine rings is 1. The van der Waals surface area contributed by atoms with Gasteiger partial charge in [0, 0.05) is 89.2 Å². The number of urea groups is 1. The van der Waals surface area contributed by atoms with Crippen molar-refractivity contribution in [1.82, 2.24) is 49.6 Å². The van der Waals surface area contributed by atoms with Gasteiger partial charge in [0.15, 0.2) is 5.65 Å². The molecule has 2 unspecified atom stereocenters. The molecular formula is C51H58N12O6. The lowest BCUT2D eigenvalue weighted by Crippen LogP contribution is -2.54. The number of nitrogens with one attached hydrogen (secondary N) is 1. The molecule has 2 aromatic heterocycles. The Bertz CT molecular complexity index is 2760. The van der Waals surface area contributed by atoms with E-state index in [0.717, 1.165) is 155 Å². The Morgan fingerprint density at radius 2 is 1.43 bits per heavy atom. The standard InChI is InChI=1S/C51H58N12O6/c52-46-44-45(34-8-11-39(12-9-34)69-38-6-2-1-3-7-38)56-63(47(44)54-32-53-46)37-5-4-20-61(31-37)35-18-23-60(24-19-35)51(68)59-21-16-33(17-22-59)30-57-25-27-58(28-26-57)36-10-13-40-41(29-36)50(67)62(49(40)66)42-14-15-43(64)55-48(42)65/h1-3,6-13,29,32-33,35,37,42H,4-5,14-28,30-31H2,(H2,52,53,54)(H,55,64,65). The number of ether oxygens (including phenoxy) is 1. The van der Waals surface area contributed by atoms with Crippen LogP contribution in [-0.2, 0) is 9.59 Å². The number of nitrogens with two attached hydrogens (primary N) is 1. The first-order valence-corrected chi connectivity index (χ1v) is 24.6. The number of amides is 6. The van der Waals surface area contributed by atoms with Gasteiger partial charge in [-0.05, 0) is 112 Å². The van der Waals surface area contributed by atoms with Crippen molar-refractivity contribution >= 4 is 52.2 Å². The van der Waals surface area contributed by atoms with Gasteiger partial charge in [-0.3, -0.25) is 39.2 Å². The number of hydrogen-bond donors (Lipinski definition) is 2. The van der Waals surface area contributed by atoms with Crippen LogP contribution in [0.3, 0.4) is 0 Å². The van der Waals surface area contributed by atoms with Gasteiger partial charge >= 0.3 is 6.03 Å². The lowest BCUT2D eigenvalue weighted by Gasteiger charge is -2.44. The summed E-state index contributed by atoms with van der Waals surface area (Å²) in [6.07, 6.45) is 7.63. The van der Waals surface area contributed by atoms with E-state index in [2.05, 4.69) is 39.5 Å². The molecule has 69 heavy (non-hydrogen) atoms. The van der Waals surface area contributed by atoms with Gasteiger partial charge in [0.25, 0.3) is 11.8 Å². The quantitative estimate of drug-likeness (QED) is 0.187. The van der Waals surface area contributed by atoms with E-state index >= 15 is 0 Å². The van der Waals surface area contributed by atoms with Crippen molar-refractivity contribution in [3.05, 3.63) is 90.3 Å². The van der Waals surface area contributed by atoms with Crippen molar-refractivity contribution < 1.29 is 28.7 Å². The van der Waals surface area contributed by atoms with Crippen LogP contribution in [-0.4, -0.2) is 158 Å². The zero-order valence-corrected chi connectivity index (χ0v) is 38.7. The average Bonchev–Trinajstić information content (AvgIpc) is 3.89. The Labute approximate surface area is 400 Å². The molecule has 8 heterocycles. The molecule has 0 saturated carbocycles. The minimum absolute atomic E-state index is 0.0889. The summed E-state index contributed by atoms with van der Waals surface area (Å²) in [5.41, 5.74) is 10.4. The van der Waals surface area contributed by atoms with Crippen LogP contribution in [0.25, 0.3) is 22.3 Å². The molecule has 18 nitrogen and oxygen atoms in total. The molecule has 6 aliphatic heterocycles. The summed E-state index contributed by atoms with van der Waals surface area (Å²) in [6.45, 7) is 9.25. The number of imide groups is 2. The smallest absolute Gasteiger partial charge is 0.319 e.